The van der Waals surface area contributed by atoms with Crippen molar-refractivity contribution < 1.29 is 9.53 Å². The van der Waals surface area contributed by atoms with Crippen molar-refractivity contribution in [2.45, 2.75) is 51.7 Å². The molecule has 0 aromatic carbocycles. The molecule has 70 valence electrons. The Balaban J connectivity index is 2.19. The summed E-state index contributed by atoms with van der Waals surface area (Å²) in [5.74, 6) is 0. The Morgan fingerprint density at radius 2 is 2.00 bits per heavy atom. The van der Waals surface area contributed by atoms with E-state index in [4.69, 9.17) is 4.74 Å². The highest BCUT2D eigenvalue weighted by atomic mass is 16.6. The minimum atomic E-state index is -0.381. The molecule has 12 heavy (non-hydrogen) atoms. The van der Waals surface area contributed by atoms with E-state index in [1.165, 1.54) is 6.42 Å². The van der Waals surface area contributed by atoms with Gasteiger partial charge in [-0.2, -0.15) is 0 Å². The molecule has 3 heteroatoms. The third-order valence-corrected chi connectivity index (χ3v) is 1.83. The Bertz CT molecular complexity index is 168. The molecule has 0 radical (unpaired) electrons. The summed E-state index contributed by atoms with van der Waals surface area (Å²) in [5.41, 5.74) is -0.381. The lowest BCUT2D eigenvalue weighted by atomic mass is 9.93. The zero-order chi connectivity index (χ0) is 9.19. The number of alkyl carbamates (subject to hydrolysis) is 1. The van der Waals surface area contributed by atoms with E-state index in [1.54, 1.807) is 0 Å². The summed E-state index contributed by atoms with van der Waals surface area (Å²) in [6.45, 7) is 5.61. The second-order valence-electron chi connectivity index (χ2n) is 4.27. The molecule has 1 amide bonds. The maximum atomic E-state index is 11.1. The third kappa shape index (κ3) is 3.11. The van der Waals surface area contributed by atoms with E-state index in [2.05, 4.69) is 5.32 Å². The maximum absolute atomic E-state index is 11.1. The number of carbonyl (C=O) groups excluding carboxylic acids is 1. The van der Waals surface area contributed by atoms with Gasteiger partial charge in [0, 0.05) is 6.04 Å². The van der Waals surface area contributed by atoms with Crippen LogP contribution in [0.2, 0.25) is 0 Å². The van der Waals surface area contributed by atoms with Gasteiger partial charge in [0.2, 0.25) is 0 Å². The number of nitrogens with one attached hydrogen (secondary N) is 1. The summed E-state index contributed by atoms with van der Waals surface area (Å²) in [6, 6.07) is 0.361. The van der Waals surface area contributed by atoms with Crippen LogP contribution in [0.25, 0.3) is 0 Å². The smallest absolute Gasteiger partial charge is 0.407 e. The van der Waals surface area contributed by atoms with Crippen LogP contribution >= 0.6 is 0 Å². The van der Waals surface area contributed by atoms with Crippen LogP contribution in [0.15, 0.2) is 0 Å². The van der Waals surface area contributed by atoms with Crippen LogP contribution in [0, 0.1) is 0 Å². The topological polar surface area (TPSA) is 38.3 Å². The number of rotatable bonds is 1. The molecule has 1 saturated carbocycles. The lowest BCUT2D eigenvalue weighted by Gasteiger charge is -2.28. The first kappa shape index (κ1) is 9.36. The number of hydrogen-bond acceptors (Lipinski definition) is 2. The fraction of sp³-hybridized carbons (Fsp3) is 0.889. The number of carbonyl (C=O) groups is 1. The molecular weight excluding hydrogens is 154 g/mol. The highest BCUT2D eigenvalue weighted by Gasteiger charge is 2.22. The molecule has 0 heterocycles. The van der Waals surface area contributed by atoms with Gasteiger partial charge in [0.15, 0.2) is 0 Å². The molecular formula is C9H17NO2. The molecule has 0 spiro atoms. The van der Waals surface area contributed by atoms with Crippen LogP contribution in [0.4, 0.5) is 4.79 Å². The van der Waals surface area contributed by atoms with E-state index < -0.39 is 0 Å². The second kappa shape index (κ2) is 3.33. The highest BCUT2D eigenvalue weighted by Crippen LogP contribution is 2.18. The van der Waals surface area contributed by atoms with Crippen molar-refractivity contribution in [2.75, 3.05) is 0 Å². The van der Waals surface area contributed by atoms with Crippen LogP contribution in [0.5, 0.6) is 0 Å². The predicted molar refractivity (Wildman–Crippen MR) is 47.0 cm³/mol. The van der Waals surface area contributed by atoms with Crippen LogP contribution in [-0.2, 0) is 4.74 Å². The fourth-order valence-electron chi connectivity index (χ4n) is 1.03. The van der Waals surface area contributed by atoms with Crippen molar-refractivity contribution in [3.05, 3.63) is 0 Å². The first-order chi connectivity index (χ1) is 5.47. The molecule has 0 atom stereocenters. The van der Waals surface area contributed by atoms with E-state index in [0.29, 0.717) is 6.04 Å². The molecule has 1 rings (SSSR count). The monoisotopic (exact) mass is 171 g/mol. The Kier molecular flexibility index (Phi) is 2.60. The number of hydrogen-bond donors (Lipinski definition) is 1. The largest absolute Gasteiger partial charge is 0.444 e. The van der Waals surface area contributed by atoms with Gasteiger partial charge >= 0.3 is 6.09 Å². The summed E-state index contributed by atoms with van der Waals surface area (Å²) in [5, 5.41) is 2.81. The van der Waals surface area contributed by atoms with Gasteiger partial charge < -0.3 is 10.1 Å². The standard InChI is InChI=1S/C9H17NO2/c1-9(2,3)12-8(11)10-7-5-4-6-7/h7H,4-6H2,1-3H3,(H,10,11). The van der Waals surface area contributed by atoms with Gasteiger partial charge in [0.05, 0.1) is 0 Å². The van der Waals surface area contributed by atoms with Gasteiger partial charge in [-0.05, 0) is 40.0 Å². The quantitative estimate of drug-likeness (QED) is 0.655. The van der Waals surface area contributed by atoms with E-state index in [1.807, 2.05) is 20.8 Å². The van der Waals surface area contributed by atoms with Crippen molar-refractivity contribution in [2.24, 2.45) is 0 Å². The summed E-state index contributed by atoms with van der Waals surface area (Å²) < 4.78 is 5.09. The van der Waals surface area contributed by atoms with E-state index in [-0.39, 0.29) is 11.7 Å². The summed E-state index contributed by atoms with van der Waals surface area (Å²) in [6.07, 6.45) is 3.13. The molecule has 0 saturated heterocycles. The number of ether oxygens (including phenoxy) is 1. The Hall–Kier alpha value is -0.730. The van der Waals surface area contributed by atoms with Gasteiger partial charge in [0.25, 0.3) is 0 Å². The average Bonchev–Trinajstić information content (AvgIpc) is 1.74. The van der Waals surface area contributed by atoms with Gasteiger partial charge in [-0.1, -0.05) is 0 Å². The molecule has 3 nitrogen and oxygen atoms in total. The van der Waals surface area contributed by atoms with Crippen molar-refractivity contribution in [1.29, 1.82) is 0 Å². The van der Waals surface area contributed by atoms with Gasteiger partial charge in [-0.3, -0.25) is 0 Å². The lowest BCUT2D eigenvalue weighted by molar-refractivity contribution is 0.0480. The lowest BCUT2D eigenvalue weighted by Crippen LogP contribution is -2.42. The first-order valence-electron chi connectivity index (χ1n) is 4.47. The number of amides is 1. The molecule has 1 N–H and O–H groups in total. The Morgan fingerprint density at radius 3 is 2.33 bits per heavy atom. The summed E-state index contributed by atoms with van der Waals surface area (Å²) in [4.78, 5) is 11.1. The zero-order valence-corrected chi connectivity index (χ0v) is 8.02. The zero-order valence-electron chi connectivity index (χ0n) is 8.02. The summed E-state index contributed by atoms with van der Waals surface area (Å²) >= 11 is 0. The van der Waals surface area contributed by atoms with Gasteiger partial charge in [-0.15, -0.1) is 0 Å². The van der Waals surface area contributed by atoms with Crippen molar-refractivity contribution >= 4 is 6.09 Å². The fourth-order valence-corrected chi connectivity index (χ4v) is 1.03. The Morgan fingerprint density at radius 1 is 1.42 bits per heavy atom. The normalized spacial score (nSPS) is 18.2. The highest BCUT2D eigenvalue weighted by molar-refractivity contribution is 5.68. The van der Waals surface area contributed by atoms with Crippen molar-refractivity contribution in [3.63, 3.8) is 0 Å². The SMILES string of the molecule is CC(C)(C)OC(=O)NC1CCC1. The van der Waals surface area contributed by atoms with Crippen LogP contribution in [-0.4, -0.2) is 17.7 Å². The third-order valence-electron chi connectivity index (χ3n) is 1.83. The molecule has 0 aliphatic heterocycles. The first-order valence-corrected chi connectivity index (χ1v) is 4.47. The summed E-state index contributed by atoms with van der Waals surface area (Å²) in [7, 11) is 0. The van der Waals surface area contributed by atoms with Gasteiger partial charge in [0.1, 0.15) is 5.60 Å². The van der Waals surface area contributed by atoms with E-state index in [0.717, 1.165) is 12.8 Å². The van der Waals surface area contributed by atoms with Gasteiger partial charge in [-0.25, -0.2) is 4.79 Å². The van der Waals surface area contributed by atoms with E-state index >= 15 is 0 Å². The molecule has 0 bridgehead atoms. The molecule has 1 aliphatic rings. The van der Waals surface area contributed by atoms with E-state index in [9.17, 15) is 4.79 Å². The average molecular weight is 171 g/mol. The minimum absolute atomic E-state index is 0.285. The predicted octanol–water partition coefficient (Wildman–Crippen LogP) is 2.06. The van der Waals surface area contributed by atoms with Crippen molar-refractivity contribution in [3.8, 4) is 0 Å². The van der Waals surface area contributed by atoms with Crippen LogP contribution in [0.1, 0.15) is 40.0 Å². The molecule has 0 aromatic rings. The molecule has 1 fully saturated rings. The second-order valence-corrected chi connectivity index (χ2v) is 4.27. The van der Waals surface area contributed by atoms with Crippen molar-refractivity contribution in [1.82, 2.24) is 5.32 Å². The molecule has 0 aromatic heterocycles. The van der Waals surface area contributed by atoms with Crippen LogP contribution in [0.3, 0.4) is 0 Å². The molecule has 0 unspecified atom stereocenters. The minimum Gasteiger partial charge on any atom is -0.444 e. The molecule has 1 aliphatic carbocycles. The van der Waals surface area contributed by atoms with Crippen LogP contribution < -0.4 is 5.32 Å². The Labute approximate surface area is 73.5 Å². The maximum Gasteiger partial charge on any atom is 0.407 e.